The molecule has 26 heavy (non-hydrogen) atoms. The Balaban J connectivity index is 1.67. The van der Waals surface area contributed by atoms with Gasteiger partial charge in [0.05, 0.1) is 12.2 Å². The number of esters is 1. The molecule has 4 rings (SSSR count). The maximum absolute atomic E-state index is 11.6. The first-order valence-corrected chi connectivity index (χ1v) is 10.4. The van der Waals surface area contributed by atoms with E-state index in [1.54, 1.807) is 0 Å². The van der Waals surface area contributed by atoms with Crippen LogP contribution in [-0.2, 0) is 14.3 Å². The lowest BCUT2D eigenvalue weighted by atomic mass is 9.47. The molecule has 0 aromatic rings. The summed E-state index contributed by atoms with van der Waals surface area (Å²) in [5, 5.41) is 10.2. The lowest BCUT2D eigenvalue weighted by molar-refractivity contribution is -0.150. The molecule has 146 valence electrons. The fraction of sp³-hybridized carbons (Fsp3) is 0.864. The quantitative estimate of drug-likeness (QED) is 0.612. The molecule has 0 aliphatic heterocycles. The molecular formula is C22H34O4. The smallest absolute Gasteiger partial charge is 0.302 e. The van der Waals surface area contributed by atoms with Gasteiger partial charge in [-0.25, -0.2) is 0 Å². The van der Waals surface area contributed by atoms with Crippen molar-refractivity contribution in [1.29, 1.82) is 0 Å². The zero-order valence-electron chi connectivity index (χ0n) is 16.5. The van der Waals surface area contributed by atoms with E-state index in [2.05, 4.69) is 13.0 Å². The second-order valence-electron chi connectivity index (χ2n) is 9.52. The molecular weight excluding hydrogens is 328 g/mol. The van der Waals surface area contributed by atoms with E-state index in [-0.39, 0.29) is 22.9 Å². The van der Waals surface area contributed by atoms with Crippen molar-refractivity contribution < 1.29 is 19.4 Å². The first kappa shape index (κ1) is 18.5. The van der Waals surface area contributed by atoms with Gasteiger partial charge >= 0.3 is 5.97 Å². The molecule has 0 radical (unpaired) electrons. The summed E-state index contributed by atoms with van der Waals surface area (Å²) >= 11 is 0. The zero-order chi connectivity index (χ0) is 18.5. The lowest BCUT2D eigenvalue weighted by Crippen LogP contribution is -2.54. The number of carbonyl (C=O) groups is 1. The standard InChI is InChI=1S/C22H34O4/c1-14(23)26-13-22-11-8-16(24)12-15(22)4-5-17-18-6-7-20(25-3)21(18,2)10-9-19(17)22/h4,16-20,24H,5-13H2,1-3H3/t16?,17-,18-,19+,20?,21-,22+/m0/s1. The van der Waals surface area contributed by atoms with Crippen LogP contribution in [0.15, 0.2) is 11.6 Å². The van der Waals surface area contributed by atoms with Gasteiger partial charge in [-0.15, -0.1) is 0 Å². The number of aliphatic hydroxyl groups excluding tert-OH is 1. The Labute approximate surface area is 157 Å². The molecule has 2 unspecified atom stereocenters. The number of hydrogen-bond acceptors (Lipinski definition) is 4. The fourth-order valence-corrected chi connectivity index (χ4v) is 7.28. The summed E-state index contributed by atoms with van der Waals surface area (Å²) in [6.45, 7) is 4.45. The van der Waals surface area contributed by atoms with Gasteiger partial charge in [-0.2, -0.15) is 0 Å². The molecule has 4 nitrogen and oxygen atoms in total. The van der Waals surface area contributed by atoms with Crippen LogP contribution in [0.3, 0.4) is 0 Å². The number of methoxy groups -OCH3 is 1. The van der Waals surface area contributed by atoms with Crippen molar-refractivity contribution >= 4 is 5.97 Å². The summed E-state index contributed by atoms with van der Waals surface area (Å²) in [5.74, 6) is 1.74. The van der Waals surface area contributed by atoms with Crippen molar-refractivity contribution in [2.45, 2.75) is 77.4 Å². The van der Waals surface area contributed by atoms with Gasteiger partial charge in [0.2, 0.25) is 0 Å². The zero-order valence-corrected chi connectivity index (χ0v) is 16.5. The second-order valence-corrected chi connectivity index (χ2v) is 9.52. The average Bonchev–Trinajstić information content (AvgIpc) is 2.96. The van der Waals surface area contributed by atoms with Crippen molar-refractivity contribution in [3.8, 4) is 0 Å². The molecule has 1 N–H and O–H groups in total. The molecule has 4 aliphatic carbocycles. The van der Waals surface area contributed by atoms with E-state index in [1.807, 2.05) is 7.11 Å². The van der Waals surface area contributed by atoms with Crippen molar-refractivity contribution in [3.05, 3.63) is 11.6 Å². The van der Waals surface area contributed by atoms with E-state index in [1.165, 1.54) is 38.2 Å². The SMILES string of the molecule is COC1CC[C@H]2[C@@H]3CC=C4CC(O)CC[C@]4(COC(C)=O)[C@@H]3CC[C@]12C. The van der Waals surface area contributed by atoms with Gasteiger partial charge < -0.3 is 14.6 Å². The van der Waals surface area contributed by atoms with Gasteiger partial charge in [-0.1, -0.05) is 18.6 Å². The Morgan fingerprint density at radius 3 is 2.77 bits per heavy atom. The summed E-state index contributed by atoms with van der Waals surface area (Å²) in [6.07, 6.45) is 11.0. The van der Waals surface area contributed by atoms with Gasteiger partial charge in [0.15, 0.2) is 0 Å². The predicted molar refractivity (Wildman–Crippen MR) is 99.5 cm³/mol. The Hall–Kier alpha value is -0.870. The molecule has 0 bridgehead atoms. The highest BCUT2D eigenvalue weighted by atomic mass is 16.5. The van der Waals surface area contributed by atoms with E-state index in [4.69, 9.17) is 9.47 Å². The monoisotopic (exact) mass is 362 g/mol. The highest BCUT2D eigenvalue weighted by molar-refractivity contribution is 5.66. The molecule has 0 saturated heterocycles. The summed E-state index contributed by atoms with van der Waals surface area (Å²) in [5.41, 5.74) is 1.61. The van der Waals surface area contributed by atoms with E-state index < -0.39 is 0 Å². The lowest BCUT2D eigenvalue weighted by Gasteiger charge is -2.58. The van der Waals surface area contributed by atoms with Crippen molar-refractivity contribution in [2.75, 3.05) is 13.7 Å². The second kappa shape index (κ2) is 6.63. The molecule has 4 heteroatoms. The van der Waals surface area contributed by atoms with Gasteiger partial charge in [0, 0.05) is 19.4 Å². The molecule has 7 atom stereocenters. The van der Waals surface area contributed by atoms with Crippen molar-refractivity contribution in [1.82, 2.24) is 0 Å². The van der Waals surface area contributed by atoms with E-state index in [9.17, 15) is 9.90 Å². The largest absolute Gasteiger partial charge is 0.465 e. The number of ether oxygens (including phenoxy) is 2. The molecule has 0 spiro atoms. The van der Waals surface area contributed by atoms with Crippen molar-refractivity contribution in [3.63, 3.8) is 0 Å². The van der Waals surface area contributed by atoms with Crippen LogP contribution < -0.4 is 0 Å². The Bertz CT molecular complexity index is 599. The number of aliphatic hydroxyl groups is 1. The van der Waals surface area contributed by atoms with E-state index in [0.29, 0.717) is 30.5 Å². The minimum absolute atomic E-state index is 0.0414. The third kappa shape index (κ3) is 2.67. The van der Waals surface area contributed by atoms with Crippen LogP contribution in [0.2, 0.25) is 0 Å². The Morgan fingerprint density at radius 1 is 1.23 bits per heavy atom. The van der Waals surface area contributed by atoms with Crippen LogP contribution in [0, 0.1) is 28.6 Å². The number of carbonyl (C=O) groups excluding carboxylic acids is 1. The van der Waals surface area contributed by atoms with Crippen LogP contribution in [0.4, 0.5) is 0 Å². The maximum Gasteiger partial charge on any atom is 0.302 e. The van der Waals surface area contributed by atoms with E-state index >= 15 is 0 Å². The van der Waals surface area contributed by atoms with Gasteiger partial charge in [0.1, 0.15) is 6.61 Å². The van der Waals surface area contributed by atoms with Crippen LogP contribution in [0.1, 0.15) is 65.2 Å². The highest BCUT2D eigenvalue weighted by Gasteiger charge is 2.60. The highest BCUT2D eigenvalue weighted by Crippen LogP contribution is 2.65. The number of fused-ring (bicyclic) bond motifs is 5. The summed E-state index contributed by atoms with van der Waals surface area (Å²) in [4.78, 5) is 11.6. The summed E-state index contributed by atoms with van der Waals surface area (Å²) in [7, 11) is 1.87. The Morgan fingerprint density at radius 2 is 2.04 bits per heavy atom. The average molecular weight is 363 g/mol. The van der Waals surface area contributed by atoms with Crippen molar-refractivity contribution in [2.24, 2.45) is 28.6 Å². The first-order valence-electron chi connectivity index (χ1n) is 10.4. The minimum atomic E-state index is -0.235. The molecule has 4 aliphatic rings. The summed E-state index contributed by atoms with van der Waals surface area (Å²) < 4.78 is 11.5. The summed E-state index contributed by atoms with van der Waals surface area (Å²) in [6, 6.07) is 0. The normalized spacial score (nSPS) is 47.4. The number of allylic oxidation sites excluding steroid dienone is 1. The fourth-order valence-electron chi connectivity index (χ4n) is 7.28. The topological polar surface area (TPSA) is 55.8 Å². The molecule has 3 fully saturated rings. The first-order chi connectivity index (χ1) is 12.4. The molecule has 3 saturated carbocycles. The molecule has 0 heterocycles. The van der Waals surface area contributed by atoms with Crippen LogP contribution >= 0.6 is 0 Å². The molecule has 0 aromatic carbocycles. The minimum Gasteiger partial charge on any atom is -0.465 e. The number of hydrogen-bond donors (Lipinski definition) is 1. The Kier molecular flexibility index (Phi) is 4.71. The number of rotatable bonds is 3. The van der Waals surface area contributed by atoms with Crippen LogP contribution in [0.5, 0.6) is 0 Å². The van der Waals surface area contributed by atoms with Crippen LogP contribution in [-0.4, -0.2) is 37.0 Å². The maximum atomic E-state index is 11.6. The van der Waals surface area contributed by atoms with Gasteiger partial charge in [-0.3, -0.25) is 4.79 Å². The van der Waals surface area contributed by atoms with E-state index in [0.717, 1.165) is 25.7 Å². The third-order valence-corrected chi connectivity index (χ3v) is 8.53. The predicted octanol–water partition coefficient (Wildman–Crippen LogP) is 3.87. The van der Waals surface area contributed by atoms with Crippen LogP contribution in [0.25, 0.3) is 0 Å². The van der Waals surface area contributed by atoms with Gasteiger partial charge in [0.25, 0.3) is 0 Å². The molecule has 0 aromatic heterocycles. The molecule has 0 amide bonds. The van der Waals surface area contributed by atoms with Gasteiger partial charge in [-0.05, 0) is 74.5 Å². The third-order valence-electron chi connectivity index (χ3n) is 8.53.